The van der Waals surface area contributed by atoms with Crippen molar-refractivity contribution in [2.75, 3.05) is 7.11 Å². The van der Waals surface area contributed by atoms with Gasteiger partial charge in [0.2, 0.25) is 0 Å². The summed E-state index contributed by atoms with van der Waals surface area (Å²) in [6, 6.07) is 14.9. The molecule has 2 rings (SSSR count). The average molecular weight is 308 g/mol. The van der Waals surface area contributed by atoms with Crippen LogP contribution in [0.25, 0.3) is 0 Å². The fourth-order valence-corrected chi connectivity index (χ4v) is 2.04. The standard InChI is InChI=1S/C19H16O4/c1-13(20)17(19(22)15-6-4-3-5-7-15)12-18(21)14-8-10-16(23-2)11-9-14/h3-12H,1-2H3/b17-12+. The second-order valence-corrected chi connectivity index (χ2v) is 4.90. The van der Waals surface area contributed by atoms with Crippen LogP contribution in [0.2, 0.25) is 0 Å². The van der Waals surface area contributed by atoms with E-state index in [0.717, 1.165) is 6.08 Å². The lowest BCUT2D eigenvalue weighted by Crippen LogP contribution is -2.13. The molecule has 4 heteroatoms. The maximum Gasteiger partial charge on any atom is 0.196 e. The van der Waals surface area contributed by atoms with E-state index in [9.17, 15) is 14.4 Å². The Balaban J connectivity index is 2.32. The number of benzene rings is 2. The average Bonchev–Trinajstić information content (AvgIpc) is 2.59. The lowest BCUT2D eigenvalue weighted by molar-refractivity contribution is -0.113. The van der Waals surface area contributed by atoms with E-state index in [1.807, 2.05) is 0 Å². The quantitative estimate of drug-likeness (QED) is 0.356. The van der Waals surface area contributed by atoms with Gasteiger partial charge in [-0.15, -0.1) is 0 Å². The van der Waals surface area contributed by atoms with Crippen LogP contribution in [0.3, 0.4) is 0 Å². The Morgan fingerprint density at radius 3 is 2.00 bits per heavy atom. The van der Waals surface area contributed by atoms with Crippen molar-refractivity contribution in [1.29, 1.82) is 0 Å². The summed E-state index contributed by atoms with van der Waals surface area (Å²) in [5.74, 6) is -0.680. The molecule has 0 fully saturated rings. The van der Waals surface area contributed by atoms with E-state index in [1.54, 1.807) is 54.6 Å². The lowest BCUT2D eigenvalue weighted by atomic mass is 9.98. The van der Waals surface area contributed by atoms with Crippen LogP contribution in [0.15, 0.2) is 66.2 Å². The summed E-state index contributed by atoms with van der Waals surface area (Å²) < 4.78 is 5.03. The van der Waals surface area contributed by atoms with Gasteiger partial charge in [0.25, 0.3) is 0 Å². The fourth-order valence-electron chi connectivity index (χ4n) is 2.04. The molecule has 0 unspecified atom stereocenters. The molecule has 116 valence electrons. The lowest BCUT2D eigenvalue weighted by Gasteiger charge is -2.04. The number of ether oxygens (including phenoxy) is 1. The molecule has 0 aromatic heterocycles. The number of methoxy groups -OCH3 is 1. The first-order valence-corrected chi connectivity index (χ1v) is 7.03. The first-order chi connectivity index (χ1) is 11.0. The summed E-state index contributed by atoms with van der Waals surface area (Å²) in [7, 11) is 1.53. The number of carbonyl (C=O) groups is 3. The summed E-state index contributed by atoms with van der Waals surface area (Å²) in [5, 5.41) is 0. The van der Waals surface area contributed by atoms with Gasteiger partial charge in [0.05, 0.1) is 12.7 Å². The van der Waals surface area contributed by atoms with Gasteiger partial charge in [-0.05, 0) is 31.2 Å². The van der Waals surface area contributed by atoms with E-state index in [4.69, 9.17) is 4.74 Å². The monoisotopic (exact) mass is 308 g/mol. The largest absolute Gasteiger partial charge is 0.497 e. The molecule has 4 nitrogen and oxygen atoms in total. The van der Waals surface area contributed by atoms with Crippen molar-refractivity contribution < 1.29 is 19.1 Å². The van der Waals surface area contributed by atoms with E-state index in [-0.39, 0.29) is 5.57 Å². The third kappa shape index (κ3) is 4.01. The minimum absolute atomic E-state index is 0.128. The molecule has 0 N–H and O–H groups in total. The summed E-state index contributed by atoms with van der Waals surface area (Å²) in [6.45, 7) is 1.27. The highest BCUT2D eigenvalue weighted by molar-refractivity contribution is 6.28. The zero-order chi connectivity index (χ0) is 16.8. The molecular formula is C19H16O4. The summed E-state index contributed by atoms with van der Waals surface area (Å²) in [5.41, 5.74) is 0.624. The Hall–Kier alpha value is -3.01. The van der Waals surface area contributed by atoms with Crippen molar-refractivity contribution in [2.45, 2.75) is 6.92 Å². The molecule has 0 saturated heterocycles. The molecule has 0 saturated carbocycles. The maximum absolute atomic E-state index is 12.4. The number of hydrogen-bond donors (Lipinski definition) is 0. The van der Waals surface area contributed by atoms with Crippen LogP contribution >= 0.6 is 0 Å². The molecule has 23 heavy (non-hydrogen) atoms. The van der Waals surface area contributed by atoms with Crippen molar-refractivity contribution in [1.82, 2.24) is 0 Å². The third-order valence-corrected chi connectivity index (χ3v) is 3.31. The van der Waals surface area contributed by atoms with Gasteiger partial charge in [-0.1, -0.05) is 30.3 Å². The van der Waals surface area contributed by atoms with E-state index < -0.39 is 17.3 Å². The second kappa shape index (κ2) is 7.31. The number of allylic oxidation sites excluding steroid dienone is 2. The van der Waals surface area contributed by atoms with Crippen LogP contribution in [-0.4, -0.2) is 24.5 Å². The highest BCUT2D eigenvalue weighted by atomic mass is 16.5. The summed E-state index contributed by atoms with van der Waals surface area (Å²) >= 11 is 0. The first kappa shape index (κ1) is 16.4. The molecule has 2 aromatic rings. The molecule has 0 amide bonds. The van der Waals surface area contributed by atoms with Gasteiger partial charge in [-0.2, -0.15) is 0 Å². The molecule has 2 aromatic carbocycles. The predicted octanol–water partition coefficient (Wildman–Crippen LogP) is 3.28. The van der Waals surface area contributed by atoms with Crippen molar-refractivity contribution in [3.63, 3.8) is 0 Å². The van der Waals surface area contributed by atoms with Crippen LogP contribution in [-0.2, 0) is 4.79 Å². The zero-order valence-corrected chi connectivity index (χ0v) is 12.9. The minimum atomic E-state index is -0.458. The van der Waals surface area contributed by atoms with Crippen molar-refractivity contribution in [2.24, 2.45) is 0 Å². The van der Waals surface area contributed by atoms with E-state index >= 15 is 0 Å². The second-order valence-electron chi connectivity index (χ2n) is 4.90. The van der Waals surface area contributed by atoms with Gasteiger partial charge >= 0.3 is 0 Å². The third-order valence-electron chi connectivity index (χ3n) is 3.31. The Morgan fingerprint density at radius 2 is 1.48 bits per heavy atom. The Bertz CT molecular complexity index is 756. The highest BCUT2D eigenvalue weighted by Gasteiger charge is 2.18. The number of hydrogen-bond acceptors (Lipinski definition) is 4. The van der Waals surface area contributed by atoms with Gasteiger partial charge in [-0.25, -0.2) is 0 Å². The molecule has 0 atom stereocenters. The maximum atomic E-state index is 12.4. The van der Waals surface area contributed by atoms with E-state index in [2.05, 4.69) is 0 Å². The van der Waals surface area contributed by atoms with Gasteiger partial charge in [0.15, 0.2) is 17.3 Å². The highest BCUT2D eigenvalue weighted by Crippen LogP contribution is 2.15. The molecule has 0 heterocycles. The fraction of sp³-hybridized carbons (Fsp3) is 0.105. The van der Waals surface area contributed by atoms with Gasteiger partial charge < -0.3 is 4.74 Å². The summed E-state index contributed by atoms with van der Waals surface area (Å²) in [6.07, 6.45) is 1.10. The van der Waals surface area contributed by atoms with Crippen LogP contribution in [0.1, 0.15) is 27.6 Å². The SMILES string of the molecule is COc1ccc(C(=O)/C=C(\C(C)=O)C(=O)c2ccccc2)cc1. The normalized spacial score (nSPS) is 11.0. The Labute approximate surface area is 134 Å². The smallest absolute Gasteiger partial charge is 0.196 e. The number of rotatable bonds is 6. The van der Waals surface area contributed by atoms with Crippen molar-refractivity contribution in [3.8, 4) is 5.75 Å². The van der Waals surface area contributed by atoms with Gasteiger partial charge in [0, 0.05) is 17.2 Å². The Morgan fingerprint density at radius 1 is 0.870 bits per heavy atom. The topological polar surface area (TPSA) is 60.4 Å². The minimum Gasteiger partial charge on any atom is -0.497 e. The van der Waals surface area contributed by atoms with Crippen LogP contribution in [0.5, 0.6) is 5.75 Å². The molecule has 0 spiro atoms. The van der Waals surface area contributed by atoms with Crippen LogP contribution < -0.4 is 4.74 Å². The number of ketones is 3. The molecule has 0 aliphatic heterocycles. The summed E-state index contributed by atoms with van der Waals surface area (Å²) in [4.78, 5) is 36.4. The number of carbonyl (C=O) groups excluding carboxylic acids is 3. The van der Waals surface area contributed by atoms with E-state index in [1.165, 1.54) is 14.0 Å². The zero-order valence-electron chi connectivity index (χ0n) is 12.9. The van der Waals surface area contributed by atoms with Crippen molar-refractivity contribution >= 4 is 17.3 Å². The van der Waals surface area contributed by atoms with Crippen molar-refractivity contribution in [3.05, 3.63) is 77.4 Å². The van der Waals surface area contributed by atoms with Crippen LogP contribution in [0, 0.1) is 0 Å². The Kier molecular flexibility index (Phi) is 5.20. The molecule has 0 bridgehead atoms. The molecule has 0 aliphatic rings. The molecule has 0 radical (unpaired) electrons. The molecular weight excluding hydrogens is 292 g/mol. The van der Waals surface area contributed by atoms with Crippen LogP contribution in [0.4, 0.5) is 0 Å². The van der Waals surface area contributed by atoms with E-state index in [0.29, 0.717) is 16.9 Å². The van der Waals surface area contributed by atoms with Gasteiger partial charge in [0.1, 0.15) is 5.75 Å². The predicted molar refractivity (Wildman–Crippen MR) is 86.9 cm³/mol. The first-order valence-electron chi connectivity index (χ1n) is 7.03. The number of Topliss-reactive ketones (excluding diaryl/α,β-unsaturated/α-hetero) is 2. The molecule has 0 aliphatic carbocycles. The van der Waals surface area contributed by atoms with Gasteiger partial charge in [-0.3, -0.25) is 14.4 Å².